The predicted octanol–water partition coefficient (Wildman–Crippen LogP) is 3.83. The molecule has 4 aromatic rings. The first-order valence-electron chi connectivity index (χ1n) is 8.45. The van der Waals surface area contributed by atoms with Crippen LogP contribution in [0.5, 0.6) is 5.75 Å². The maximum atomic E-state index is 12.1. The summed E-state index contributed by atoms with van der Waals surface area (Å²) in [6.45, 7) is 0.429. The molecule has 1 amide bonds. The van der Waals surface area contributed by atoms with Crippen molar-refractivity contribution in [3.05, 3.63) is 78.1 Å². The summed E-state index contributed by atoms with van der Waals surface area (Å²) >= 11 is 0. The van der Waals surface area contributed by atoms with Crippen LogP contribution in [0.3, 0.4) is 0 Å². The first-order valence-corrected chi connectivity index (χ1v) is 8.45. The summed E-state index contributed by atoms with van der Waals surface area (Å²) in [6, 6.07) is 16.7. The molecule has 1 N–H and O–H groups in total. The van der Waals surface area contributed by atoms with Crippen LogP contribution in [0, 0.1) is 0 Å². The summed E-state index contributed by atoms with van der Waals surface area (Å²) in [4.78, 5) is 20.5. The number of hydrogen-bond acceptors (Lipinski definition) is 5. The number of benzene rings is 2. The van der Waals surface area contributed by atoms with Crippen molar-refractivity contribution in [1.29, 1.82) is 0 Å². The van der Waals surface area contributed by atoms with E-state index >= 15 is 0 Å². The van der Waals surface area contributed by atoms with Crippen molar-refractivity contribution in [1.82, 2.24) is 15.3 Å². The highest BCUT2D eigenvalue weighted by atomic mass is 16.5. The van der Waals surface area contributed by atoms with Gasteiger partial charge >= 0.3 is 0 Å². The van der Waals surface area contributed by atoms with E-state index < -0.39 is 0 Å². The van der Waals surface area contributed by atoms with Gasteiger partial charge in [-0.05, 0) is 42.0 Å². The molecule has 0 aliphatic heterocycles. The number of amides is 1. The van der Waals surface area contributed by atoms with E-state index in [0.717, 1.165) is 22.4 Å². The number of hydrogen-bond donors (Lipinski definition) is 1. The van der Waals surface area contributed by atoms with Crippen molar-refractivity contribution in [3.63, 3.8) is 0 Å². The third kappa shape index (κ3) is 3.64. The molecule has 0 bridgehead atoms. The molecule has 0 unspecified atom stereocenters. The monoisotopic (exact) mass is 359 g/mol. The number of nitrogens with zero attached hydrogens (tertiary/aromatic N) is 2. The van der Waals surface area contributed by atoms with Gasteiger partial charge in [0.2, 0.25) is 5.89 Å². The Bertz CT molecular complexity index is 1070. The van der Waals surface area contributed by atoms with Gasteiger partial charge in [0.1, 0.15) is 11.3 Å². The Morgan fingerprint density at radius 1 is 1.15 bits per heavy atom. The van der Waals surface area contributed by atoms with E-state index in [1.54, 1.807) is 31.6 Å². The van der Waals surface area contributed by atoms with Gasteiger partial charge in [-0.3, -0.25) is 9.78 Å². The van der Waals surface area contributed by atoms with Crippen LogP contribution in [0.25, 0.3) is 22.6 Å². The van der Waals surface area contributed by atoms with Crippen LogP contribution in [-0.4, -0.2) is 23.0 Å². The summed E-state index contributed by atoms with van der Waals surface area (Å²) < 4.78 is 11.0. The van der Waals surface area contributed by atoms with Gasteiger partial charge in [-0.1, -0.05) is 12.1 Å². The van der Waals surface area contributed by atoms with Crippen molar-refractivity contribution in [3.8, 4) is 17.2 Å². The van der Waals surface area contributed by atoms with E-state index in [4.69, 9.17) is 9.15 Å². The third-order valence-corrected chi connectivity index (χ3v) is 4.17. The highest BCUT2D eigenvalue weighted by molar-refractivity contribution is 5.93. The Hall–Kier alpha value is -3.67. The summed E-state index contributed by atoms with van der Waals surface area (Å²) in [6.07, 6.45) is 3.18. The average Bonchev–Trinajstić information content (AvgIpc) is 3.16. The van der Waals surface area contributed by atoms with E-state index in [0.29, 0.717) is 23.6 Å². The molecule has 4 rings (SSSR count). The normalized spacial score (nSPS) is 10.7. The van der Waals surface area contributed by atoms with Crippen LogP contribution >= 0.6 is 0 Å². The average molecular weight is 359 g/mol. The lowest BCUT2D eigenvalue weighted by Crippen LogP contribution is -2.22. The summed E-state index contributed by atoms with van der Waals surface area (Å²) in [7, 11) is 1.62. The minimum absolute atomic E-state index is 0.153. The molecule has 0 aliphatic rings. The van der Waals surface area contributed by atoms with E-state index in [1.807, 2.05) is 42.5 Å². The molecule has 27 heavy (non-hydrogen) atoms. The Kier molecular flexibility index (Phi) is 4.53. The van der Waals surface area contributed by atoms with Crippen LogP contribution < -0.4 is 10.1 Å². The maximum Gasteiger partial charge on any atom is 0.253 e. The largest absolute Gasteiger partial charge is 0.497 e. The summed E-state index contributed by atoms with van der Waals surface area (Å²) in [5.41, 5.74) is 3.84. The molecule has 6 nitrogen and oxygen atoms in total. The molecule has 0 fully saturated rings. The zero-order chi connectivity index (χ0) is 18.6. The minimum Gasteiger partial charge on any atom is -0.497 e. The molecule has 6 heteroatoms. The Labute approximate surface area is 155 Å². The number of rotatable bonds is 5. The van der Waals surface area contributed by atoms with Crippen LogP contribution in [0.4, 0.5) is 0 Å². The lowest BCUT2D eigenvalue weighted by atomic mass is 10.1. The number of oxazole rings is 1. The maximum absolute atomic E-state index is 12.1. The lowest BCUT2D eigenvalue weighted by Gasteiger charge is -2.05. The summed E-state index contributed by atoms with van der Waals surface area (Å²) in [5.74, 6) is 1.12. The topological polar surface area (TPSA) is 77.2 Å². The second kappa shape index (κ2) is 7.29. The van der Waals surface area contributed by atoms with Crippen molar-refractivity contribution < 1.29 is 13.9 Å². The van der Waals surface area contributed by atoms with Gasteiger partial charge in [0.15, 0.2) is 5.58 Å². The van der Waals surface area contributed by atoms with Crippen molar-refractivity contribution in [2.45, 2.75) is 6.54 Å². The van der Waals surface area contributed by atoms with E-state index in [9.17, 15) is 4.79 Å². The van der Waals surface area contributed by atoms with E-state index in [-0.39, 0.29) is 5.91 Å². The fraction of sp³-hybridized carbons (Fsp3) is 0.0952. The van der Waals surface area contributed by atoms with Crippen molar-refractivity contribution in [2.75, 3.05) is 7.11 Å². The third-order valence-electron chi connectivity index (χ3n) is 4.17. The number of carbonyl (C=O) groups is 1. The highest BCUT2D eigenvalue weighted by Crippen LogP contribution is 2.27. The van der Waals surface area contributed by atoms with Crippen molar-refractivity contribution >= 4 is 17.0 Å². The molecule has 2 heterocycles. The molecular weight excluding hydrogens is 342 g/mol. The number of carbonyl (C=O) groups excluding carboxylic acids is 1. The number of fused-ring (bicyclic) bond motifs is 1. The van der Waals surface area contributed by atoms with Crippen LogP contribution in [-0.2, 0) is 6.54 Å². The fourth-order valence-electron chi connectivity index (χ4n) is 2.70. The number of ether oxygens (including phenoxy) is 1. The van der Waals surface area contributed by atoms with Gasteiger partial charge in [-0.2, -0.15) is 0 Å². The lowest BCUT2D eigenvalue weighted by molar-refractivity contribution is 0.0950. The van der Waals surface area contributed by atoms with E-state index in [2.05, 4.69) is 15.3 Å². The van der Waals surface area contributed by atoms with Gasteiger partial charge in [0.05, 0.1) is 12.7 Å². The van der Waals surface area contributed by atoms with Crippen molar-refractivity contribution in [2.24, 2.45) is 0 Å². The molecule has 0 spiro atoms. The van der Waals surface area contributed by atoms with Gasteiger partial charge in [0.25, 0.3) is 5.91 Å². The zero-order valence-electron chi connectivity index (χ0n) is 14.7. The van der Waals surface area contributed by atoms with Crippen LogP contribution in [0.2, 0.25) is 0 Å². The van der Waals surface area contributed by atoms with Gasteiger partial charge in [0, 0.05) is 30.6 Å². The van der Waals surface area contributed by atoms with E-state index in [1.165, 1.54) is 0 Å². The number of nitrogens with one attached hydrogen (secondary N) is 1. The highest BCUT2D eigenvalue weighted by Gasteiger charge is 2.10. The quantitative estimate of drug-likeness (QED) is 0.586. The molecule has 134 valence electrons. The zero-order valence-corrected chi connectivity index (χ0v) is 14.7. The number of methoxy groups -OCH3 is 1. The van der Waals surface area contributed by atoms with Gasteiger partial charge in [-0.25, -0.2) is 4.98 Å². The minimum atomic E-state index is -0.153. The van der Waals surface area contributed by atoms with Crippen LogP contribution in [0.15, 0.2) is 71.4 Å². The Morgan fingerprint density at radius 2 is 2.00 bits per heavy atom. The second-order valence-corrected chi connectivity index (χ2v) is 5.97. The summed E-state index contributed by atoms with van der Waals surface area (Å²) in [5, 5.41) is 2.88. The molecule has 0 aliphatic carbocycles. The predicted molar refractivity (Wildman–Crippen MR) is 101 cm³/mol. The smallest absolute Gasteiger partial charge is 0.253 e. The molecule has 0 radical (unpaired) electrons. The Balaban J connectivity index is 1.46. The Morgan fingerprint density at radius 3 is 2.74 bits per heavy atom. The molecule has 0 saturated heterocycles. The van der Waals surface area contributed by atoms with Gasteiger partial charge < -0.3 is 14.5 Å². The van der Waals surface area contributed by atoms with Crippen LogP contribution in [0.1, 0.15) is 15.9 Å². The van der Waals surface area contributed by atoms with Gasteiger partial charge in [-0.15, -0.1) is 0 Å². The molecule has 0 atom stereocenters. The fourth-order valence-corrected chi connectivity index (χ4v) is 2.70. The molecule has 2 aromatic carbocycles. The first kappa shape index (κ1) is 16.8. The number of pyridine rings is 1. The molecular formula is C21H17N3O3. The second-order valence-electron chi connectivity index (χ2n) is 5.97. The molecule has 0 saturated carbocycles. The molecule has 2 aromatic heterocycles. The standard InChI is InChI=1S/C21H17N3O3/c1-26-17-8-9-18-19(11-17)27-21(24-18)15-6-4-14(5-7-15)12-23-20(25)16-3-2-10-22-13-16/h2-11,13H,12H2,1H3,(H,23,25). The number of aromatic nitrogens is 2. The SMILES string of the molecule is COc1ccc2nc(-c3ccc(CNC(=O)c4cccnc4)cc3)oc2c1. The first-order chi connectivity index (χ1) is 13.2.